The fraction of sp³-hybridized carbons (Fsp3) is 0.348. The Balaban J connectivity index is 1.19. The van der Waals surface area contributed by atoms with Gasteiger partial charge in [-0.15, -0.1) is 0 Å². The van der Waals surface area contributed by atoms with Gasteiger partial charge in [0.2, 0.25) is 0 Å². The summed E-state index contributed by atoms with van der Waals surface area (Å²) in [5, 5.41) is 0. The van der Waals surface area contributed by atoms with Crippen LogP contribution in [0.3, 0.4) is 0 Å². The third kappa shape index (κ3) is 13.9. The number of carbonyl (C=O) groups excluding carboxylic acids is 2. The van der Waals surface area contributed by atoms with E-state index in [-0.39, 0.29) is 11.5 Å². The molecule has 0 heterocycles. The summed E-state index contributed by atoms with van der Waals surface area (Å²) < 4.78 is 22.5. The molecular formula is C46H54O6. The van der Waals surface area contributed by atoms with E-state index in [9.17, 15) is 9.59 Å². The highest BCUT2D eigenvalue weighted by Gasteiger charge is 2.19. The zero-order valence-corrected chi connectivity index (χ0v) is 31.2. The molecule has 2 atom stereocenters. The molecule has 0 saturated heterocycles. The molecule has 6 nitrogen and oxygen atoms in total. The first kappa shape index (κ1) is 39.7. The molecule has 0 N–H and O–H groups in total. The zero-order chi connectivity index (χ0) is 37.0. The van der Waals surface area contributed by atoms with Crippen LogP contribution in [0, 0.1) is 11.8 Å². The van der Waals surface area contributed by atoms with Crippen molar-refractivity contribution in [3.05, 3.63) is 119 Å². The van der Waals surface area contributed by atoms with Gasteiger partial charge < -0.3 is 18.9 Å². The second kappa shape index (κ2) is 22.0. The van der Waals surface area contributed by atoms with E-state index in [0.717, 1.165) is 59.8 Å². The predicted octanol–water partition coefficient (Wildman–Crippen LogP) is 11.7. The number of hydrogen-bond donors (Lipinski definition) is 0. The van der Waals surface area contributed by atoms with E-state index < -0.39 is 11.9 Å². The van der Waals surface area contributed by atoms with Crippen molar-refractivity contribution in [3.8, 4) is 23.0 Å². The summed E-state index contributed by atoms with van der Waals surface area (Å²) in [6.07, 6.45) is 17.5. The fourth-order valence-electron chi connectivity index (χ4n) is 5.55. The van der Waals surface area contributed by atoms with Gasteiger partial charge in [0, 0.05) is 0 Å². The third-order valence-corrected chi connectivity index (χ3v) is 9.10. The molecule has 0 aromatic heterocycles. The van der Waals surface area contributed by atoms with Gasteiger partial charge in [0.05, 0.1) is 13.2 Å². The Kier molecular flexibility index (Phi) is 16.8. The molecule has 0 aliphatic rings. The van der Waals surface area contributed by atoms with Gasteiger partial charge in [-0.1, -0.05) is 139 Å². The van der Waals surface area contributed by atoms with Crippen LogP contribution in [-0.2, 0) is 9.59 Å². The topological polar surface area (TPSA) is 71.1 Å². The van der Waals surface area contributed by atoms with Crippen molar-refractivity contribution < 1.29 is 28.5 Å². The lowest BCUT2D eigenvalue weighted by molar-refractivity contribution is -0.156. The van der Waals surface area contributed by atoms with Gasteiger partial charge in [-0.05, 0) is 95.5 Å². The Morgan fingerprint density at radius 1 is 0.462 bits per heavy atom. The molecule has 2 unspecified atom stereocenters. The molecule has 0 aliphatic carbocycles. The summed E-state index contributed by atoms with van der Waals surface area (Å²) in [6, 6.07) is 29.9. The van der Waals surface area contributed by atoms with E-state index in [4.69, 9.17) is 18.9 Å². The van der Waals surface area contributed by atoms with Crippen LogP contribution in [0.4, 0.5) is 0 Å². The lowest BCUT2D eigenvalue weighted by Crippen LogP contribution is -2.25. The number of benzene rings is 4. The van der Waals surface area contributed by atoms with E-state index in [0.29, 0.717) is 11.8 Å². The number of rotatable bonds is 20. The molecule has 52 heavy (non-hydrogen) atoms. The molecule has 0 bridgehead atoms. The number of ether oxygens (including phenoxy) is 4. The van der Waals surface area contributed by atoms with Gasteiger partial charge in [-0.3, -0.25) is 0 Å². The van der Waals surface area contributed by atoms with Gasteiger partial charge in [0.25, 0.3) is 0 Å². The molecule has 0 aliphatic heterocycles. The van der Waals surface area contributed by atoms with E-state index in [1.165, 1.54) is 38.5 Å². The van der Waals surface area contributed by atoms with Gasteiger partial charge in [-0.25, -0.2) is 9.59 Å². The fourth-order valence-corrected chi connectivity index (χ4v) is 5.55. The van der Waals surface area contributed by atoms with Crippen LogP contribution in [0.5, 0.6) is 23.0 Å². The van der Waals surface area contributed by atoms with E-state index in [2.05, 4.69) is 27.7 Å². The Morgan fingerprint density at radius 2 is 0.750 bits per heavy atom. The summed E-state index contributed by atoms with van der Waals surface area (Å²) >= 11 is 0. The molecule has 4 aromatic rings. The van der Waals surface area contributed by atoms with Crippen molar-refractivity contribution in [3.63, 3.8) is 0 Å². The van der Waals surface area contributed by atoms with Crippen molar-refractivity contribution >= 4 is 36.2 Å². The minimum atomic E-state index is -1.09. The van der Waals surface area contributed by atoms with Gasteiger partial charge in [0.15, 0.2) is 0 Å². The molecular weight excluding hydrogens is 648 g/mol. The molecule has 4 aromatic carbocycles. The molecule has 6 heteroatoms. The number of esters is 2. The van der Waals surface area contributed by atoms with Crippen molar-refractivity contribution in [2.45, 2.75) is 79.1 Å². The highest BCUT2D eigenvalue weighted by atomic mass is 16.6. The summed E-state index contributed by atoms with van der Waals surface area (Å²) in [7, 11) is 0. The average Bonchev–Trinajstić information content (AvgIpc) is 3.18. The lowest BCUT2D eigenvalue weighted by Gasteiger charge is -2.15. The highest BCUT2D eigenvalue weighted by Crippen LogP contribution is 2.22. The monoisotopic (exact) mass is 702 g/mol. The SMILES string of the molecule is CCCCC(CC)COc1ccc(/C=C/c2ccc(OC(=O)C(=O)Oc3ccc(/C=C/c4ccc(OCC(CC)CCCC)cc4)cc3)cc2)cc1. The van der Waals surface area contributed by atoms with Gasteiger partial charge in [-0.2, -0.15) is 0 Å². The van der Waals surface area contributed by atoms with Crippen molar-refractivity contribution in [1.29, 1.82) is 0 Å². The first-order chi connectivity index (χ1) is 25.4. The van der Waals surface area contributed by atoms with Crippen molar-refractivity contribution in [2.75, 3.05) is 13.2 Å². The summed E-state index contributed by atoms with van der Waals surface area (Å²) in [5.41, 5.74) is 3.93. The molecule has 4 rings (SSSR count). The Bertz CT molecular complexity index is 1560. The molecule has 0 radical (unpaired) electrons. The quantitative estimate of drug-likeness (QED) is 0.0395. The van der Waals surface area contributed by atoms with Gasteiger partial charge in [0.1, 0.15) is 23.0 Å². The van der Waals surface area contributed by atoms with Crippen LogP contribution < -0.4 is 18.9 Å². The minimum absolute atomic E-state index is 0.252. The standard InChI is InChI=1S/C46H54O6/c1-5-9-11-35(7-3)33-49-41-25-17-37(18-26-41)13-15-39-21-29-43(30-22-39)51-45(47)46(48)52-44-31-23-40(24-32-44)16-14-38-19-27-42(28-20-38)50-34-36(8-4)12-10-6-2/h13-32,35-36H,5-12,33-34H2,1-4H3/b15-13+,16-14+. The smallest absolute Gasteiger partial charge is 0.423 e. The lowest BCUT2D eigenvalue weighted by atomic mass is 10.0. The Morgan fingerprint density at radius 3 is 1.02 bits per heavy atom. The third-order valence-electron chi connectivity index (χ3n) is 9.10. The van der Waals surface area contributed by atoms with Crippen LogP contribution in [0.15, 0.2) is 97.1 Å². The molecule has 0 fully saturated rings. The van der Waals surface area contributed by atoms with Crippen molar-refractivity contribution in [2.24, 2.45) is 11.8 Å². The summed E-state index contributed by atoms with van der Waals surface area (Å²) in [5.74, 6) is 1.25. The number of carbonyl (C=O) groups is 2. The highest BCUT2D eigenvalue weighted by molar-refractivity contribution is 6.31. The number of unbranched alkanes of at least 4 members (excludes halogenated alkanes) is 2. The summed E-state index contributed by atoms with van der Waals surface area (Å²) in [4.78, 5) is 24.9. The largest absolute Gasteiger partial charge is 0.493 e. The maximum atomic E-state index is 12.4. The van der Waals surface area contributed by atoms with E-state index >= 15 is 0 Å². The van der Waals surface area contributed by atoms with E-state index in [1.54, 1.807) is 24.3 Å². The maximum absolute atomic E-state index is 12.4. The van der Waals surface area contributed by atoms with Crippen molar-refractivity contribution in [1.82, 2.24) is 0 Å². The average molecular weight is 703 g/mol. The molecule has 0 spiro atoms. The Labute approximate surface area is 310 Å². The normalized spacial score (nSPS) is 12.5. The minimum Gasteiger partial charge on any atom is -0.493 e. The second-order valence-electron chi connectivity index (χ2n) is 13.2. The van der Waals surface area contributed by atoms with Crippen LogP contribution in [0.25, 0.3) is 24.3 Å². The van der Waals surface area contributed by atoms with Crippen LogP contribution in [0.1, 0.15) is 101 Å². The van der Waals surface area contributed by atoms with Gasteiger partial charge >= 0.3 is 11.9 Å². The molecule has 274 valence electrons. The second-order valence-corrected chi connectivity index (χ2v) is 13.2. The van der Waals surface area contributed by atoms with Crippen LogP contribution >= 0.6 is 0 Å². The van der Waals surface area contributed by atoms with Crippen LogP contribution in [0.2, 0.25) is 0 Å². The van der Waals surface area contributed by atoms with E-state index in [1.807, 2.05) is 97.1 Å². The number of hydrogen-bond acceptors (Lipinski definition) is 6. The molecule has 0 amide bonds. The Hall–Kier alpha value is -5.10. The summed E-state index contributed by atoms with van der Waals surface area (Å²) in [6.45, 7) is 10.4. The predicted molar refractivity (Wildman–Crippen MR) is 212 cm³/mol. The molecule has 0 saturated carbocycles. The first-order valence-corrected chi connectivity index (χ1v) is 18.8. The zero-order valence-electron chi connectivity index (χ0n) is 31.2. The van der Waals surface area contributed by atoms with Crippen LogP contribution in [-0.4, -0.2) is 25.2 Å². The maximum Gasteiger partial charge on any atom is 0.423 e. The first-order valence-electron chi connectivity index (χ1n) is 18.8.